The molecule has 1 rings (SSSR count). The Morgan fingerprint density at radius 2 is 1.81 bits per heavy atom. The molecule has 0 aliphatic rings. The van der Waals surface area contributed by atoms with Gasteiger partial charge in [-0.25, -0.2) is 8.42 Å². The van der Waals surface area contributed by atoms with Crippen molar-refractivity contribution in [2.75, 3.05) is 18.1 Å². The Morgan fingerprint density at radius 3 is 2.24 bits per heavy atom. The second kappa shape index (κ2) is 6.15. The zero-order valence-electron chi connectivity index (χ0n) is 13.5. The number of nitrogens with one attached hydrogen (secondary N) is 1. The van der Waals surface area contributed by atoms with Crippen LogP contribution >= 0.6 is 0 Å². The summed E-state index contributed by atoms with van der Waals surface area (Å²) in [5, 5.41) is 2.77. The van der Waals surface area contributed by atoms with Gasteiger partial charge in [0.25, 0.3) is 0 Å². The number of sulfonamides is 1. The third kappa shape index (κ3) is 5.13. The maximum atomic E-state index is 12.1. The van der Waals surface area contributed by atoms with Crippen LogP contribution in [0, 0.1) is 13.8 Å². The summed E-state index contributed by atoms with van der Waals surface area (Å²) in [4.78, 5) is 12.1. The molecule has 0 bridgehead atoms. The molecule has 0 heterocycles. The first-order valence-electron chi connectivity index (χ1n) is 6.76. The molecule has 1 amide bonds. The fourth-order valence-electron chi connectivity index (χ4n) is 2.13. The molecule has 118 valence electrons. The summed E-state index contributed by atoms with van der Waals surface area (Å²) < 4.78 is 24.8. The maximum absolute atomic E-state index is 12.1. The lowest BCUT2D eigenvalue weighted by atomic mass is 10.1. The van der Waals surface area contributed by atoms with Gasteiger partial charge in [-0.2, -0.15) is 4.31 Å². The lowest BCUT2D eigenvalue weighted by molar-refractivity contribution is -0.117. The number of anilines is 1. The normalized spacial score (nSPS) is 12.5. The van der Waals surface area contributed by atoms with Gasteiger partial charge in [-0.05, 0) is 46.2 Å². The van der Waals surface area contributed by atoms with Crippen LogP contribution in [0.2, 0.25) is 0 Å². The minimum Gasteiger partial charge on any atom is -0.325 e. The van der Waals surface area contributed by atoms with Crippen molar-refractivity contribution in [1.82, 2.24) is 4.31 Å². The summed E-state index contributed by atoms with van der Waals surface area (Å²) in [5.74, 6) is -0.345. The minimum absolute atomic E-state index is 0.199. The van der Waals surface area contributed by atoms with Crippen molar-refractivity contribution in [3.05, 3.63) is 29.3 Å². The van der Waals surface area contributed by atoms with Crippen LogP contribution in [0.5, 0.6) is 0 Å². The Kier molecular flexibility index (Phi) is 5.17. The largest absolute Gasteiger partial charge is 0.325 e. The van der Waals surface area contributed by atoms with Crippen LogP contribution in [0.15, 0.2) is 18.2 Å². The topological polar surface area (TPSA) is 66.5 Å². The summed E-state index contributed by atoms with van der Waals surface area (Å²) in [6.07, 6.45) is 1.11. The van der Waals surface area contributed by atoms with Crippen LogP contribution in [0.25, 0.3) is 0 Å². The molecule has 0 aliphatic heterocycles. The molecule has 0 saturated heterocycles. The predicted molar refractivity (Wildman–Crippen MR) is 85.8 cm³/mol. The molecule has 1 aromatic rings. The van der Waals surface area contributed by atoms with Crippen LogP contribution in [0.4, 0.5) is 5.69 Å². The van der Waals surface area contributed by atoms with E-state index in [1.807, 2.05) is 32.0 Å². The average Bonchev–Trinajstić information content (AvgIpc) is 2.27. The summed E-state index contributed by atoms with van der Waals surface area (Å²) in [6, 6.07) is 5.69. The molecule has 5 nitrogen and oxygen atoms in total. The molecule has 21 heavy (non-hydrogen) atoms. The second-order valence-electron chi connectivity index (χ2n) is 6.31. The van der Waals surface area contributed by atoms with Crippen LogP contribution < -0.4 is 5.32 Å². The molecule has 0 fully saturated rings. The van der Waals surface area contributed by atoms with Crippen molar-refractivity contribution >= 4 is 21.6 Å². The highest BCUT2D eigenvalue weighted by Crippen LogP contribution is 2.19. The zero-order valence-corrected chi connectivity index (χ0v) is 14.3. The maximum Gasteiger partial charge on any atom is 0.239 e. The first-order valence-corrected chi connectivity index (χ1v) is 8.61. The van der Waals surface area contributed by atoms with E-state index >= 15 is 0 Å². The van der Waals surface area contributed by atoms with Gasteiger partial charge in [-0.1, -0.05) is 17.7 Å². The van der Waals surface area contributed by atoms with Crippen LogP contribution in [-0.2, 0) is 14.8 Å². The summed E-state index contributed by atoms with van der Waals surface area (Å²) in [6.45, 7) is 8.97. The van der Waals surface area contributed by atoms with E-state index in [0.717, 1.165) is 17.4 Å². The molecule has 0 spiro atoms. The van der Waals surface area contributed by atoms with Crippen molar-refractivity contribution in [3.63, 3.8) is 0 Å². The highest BCUT2D eigenvalue weighted by atomic mass is 32.2. The number of benzene rings is 1. The van der Waals surface area contributed by atoms with Crippen LogP contribution in [-0.4, -0.2) is 37.0 Å². The number of hydrogen-bond donors (Lipinski definition) is 1. The summed E-state index contributed by atoms with van der Waals surface area (Å²) in [7, 11) is -3.45. The molecule has 1 N–H and O–H groups in total. The SMILES string of the molecule is Cc1ccc(NC(=O)CN(C(C)(C)C)S(C)(=O)=O)c(C)c1. The molecular weight excluding hydrogens is 288 g/mol. The van der Waals surface area contributed by atoms with Gasteiger partial charge in [-0.15, -0.1) is 0 Å². The Hall–Kier alpha value is -1.40. The van der Waals surface area contributed by atoms with Gasteiger partial charge in [0.2, 0.25) is 15.9 Å². The van der Waals surface area contributed by atoms with Crippen LogP contribution in [0.1, 0.15) is 31.9 Å². The fraction of sp³-hybridized carbons (Fsp3) is 0.533. The lowest BCUT2D eigenvalue weighted by Crippen LogP contribution is -2.48. The van der Waals surface area contributed by atoms with Gasteiger partial charge in [0, 0.05) is 11.2 Å². The van der Waals surface area contributed by atoms with Crippen molar-refractivity contribution in [2.24, 2.45) is 0 Å². The molecule has 0 aromatic heterocycles. The zero-order chi connectivity index (χ0) is 16.4. The average molecular weight is 312 g/mol. The van der Waals surface area contributed by atoms with E-state index in [4.69, 9.17) is 0 Å². The third-order valence-electron chi connectivity index (χ3n) is 3.09. The van der Waals surface area contributed by atoms with E-state index in [2.05, 4.69) is 5.32 Å². The monoisotopic (exact) mass is 312 g/mol. The Labute approximate surface area is 127 Å². The Morgan fingerprint density at radius 1 is 1.24 bits per heavy atom. The van der Waals surface area contributed by atoms with Crippen molar-refractivity contribution in [2.45, 2.75) is 40.2 Å². The Bertz CT molecular complexity index is 631. The number of carbonyl (C=O) groups is 1. The highest BCUT2D eigenvalue weighted by molar-refractivity contribution is 7.88. The quantitative estimate of drug-likeness (QED) is 0.927. The van der Waals surface area contributed by atoms with Crippen LogP contribution in [0.3, 0.4) is 0 Å². The summed E-state index contributed by atoms with van der Waals surface area (Å²) in [5.41, 5.74) is 2.11. The van der Waals surface area contributed by atoms with Gasteiger partial charge in [0.05, 0.1) is 12.8 Å². The predicted octanol–water partition coefficient (Wildman–Crippen LogP) is 2.30. The summed E-state index contributed by atoms with van der Waals surface area (Å²) >= 11 is 0. The van der Waals surface area contributed by atoms with E-state index in [-0.39, 0.29) is 12.5 Å². The Balaban J connectivity index is 2.89. The van der Waals surface area contributed by atoms with Crippen molar-refractivity contribution in [3.8, 4) is 0 Å². The molecule has 0 radical (unpaired) electrons. The molecule has 0 atom stereocenters. The number of hydrogen-bond acceptors (Lipinski definition) is 3. The third-order valence-corrected chi connectivity index (χ3v) is 4.57. The van der Waals surface area contributed by atoms with E-state index in [1.54, 1.807) is 20.8 Å². The molecule has 1 aromatic carbocycles. The van der Waals surface area contributed by atoms with E-state index < -0.39 is 15.6 Å². The highest BCUT2D eigenvalue weighted by Gasteiger charge is 2.31. The lowest BCUT2D eigenvalue weighted by Gasteiger charge is -2.32. The van der Waals surface area contributed by atoms with Gasteiger partial charge in [-0.3, -0.25) is 4.79 Å². The van der Waals surface area contributed by atoms with Gasteiger partial charge < -0.3 is 5.32 Å². The second-order valence-corrected chi connectivity index (χ2v) is 8.21. The first kappa shape index (κ1) is 17.7. The first-order chi connectivity index (χ1) is 9.41. The van der Waals surface area contributed by atoms with E-state index in [1.165, 1.54) is 4.31 Å². The number of aryl methyl sites for hydroxylation is 2. The van der Waals surface area contributed by atoms with Gasteiger partial charge in [0.1, 0.15) is 0 Å². The molecule has 0 unspecified atom stereocenters. The molecule has 0 saturated carbocycles. The molecular formula is C15H24N2O3S. The number of carbonyl (C=O) groups excluding carboxylic acids is 1. The van der Waals surface area contributed by atoms with Gasteiger partial charge >= 0.3 is 0 Å². The van der Waals surface area contributed by atoms with Crippen molar-refractivity contribution in [1.29, 1.82) is 0 Å². The standard InChI is InChI=1S/C15H24N2O3S/c1-11-7-8-13(12(2)9-11)16-14(18)10-17(15(3,4)5)21(6,19)20/h7-9H,10H2,1-6H3,(H,16,18). The smallest absolute Gasteiger partial charge is 0.239 e. The number of amides is 1. The van der Waals surface area contributed by atoms with Crippen molar-refractivity contribution < 1.29 is 13.2 Å². The number of rotatable bonds is 4. The van der Waals surface area contributed by atoms with E-state index in [0.29, 0.717) is 5.69 Å². The molecule has 0 aliphatic carbocycles. The van der Waals surface area contributed by atoms with Gasteiger partial charge in [0.15, 0.2) is 0 Å². The molecule has 6 heteroatoms. The minimum atomic E-state index is -3.45. The fourth-order valence-corrected chi connectivity index (χ4v) is 3.47. The number of nitrogens with zero attached hydrogens (tertiary/aromatic N) is 1. The van der Waals surface area contributed by atoms with E-state index in [9.17, 15) is 13.2 Å².